The molecule has 1 aromatic carbocycles. The lowest BCUT2D eigenvalue weighted by molar-refractivity contribution is -0.114. The van der Waals surface area contributed by atoms with Gasteiger partial charge in [0, 0.05) is 23.4 Å². The van der Waals surface area contributed by atoms with Gasteiger partial charge in [0.15, 0.2) is 0 Å². The van der Waals surface area contributed by atoms with Crippen LogP contribution in [-0.2, 0) is 4.79 Å². The van der Waals surface area contributed by atoms with Crippen molar-refractivity contribution in [2.45, 2.75) is 19.8 Å². The Balaban J connectivity index is 1.87. The van der Waals surface area contributed by atoms with E-state index in [9.17, 15) is 4.79 Å². The van der Waals surface area contributed by atoms with Crippen LogP contribution in [0.2, 0.25) is 0 Å². The first-order valence-electron chi connectivity index (χ1n) is 5.70. The molecule has 0 radical (unpaired) electrons. The van der Waals surface area contributed by atoms with Crippen molar-refractivity contribution in [1.82, 2.24) is 0 Å². The third-order valence-corrected chi connectivity index (χ3v) is 4.15. The maximum absolute atomic E-state index is 10.9. The standard InChI is InChI=1S/C13H16BrNO2/c1-10(16)15-11-2-4-12(5-3-11)17-9-13(8-14)6-7-13/h2-5H,6-9H2,1H3,(H,15,16). The minimum Gasteiger partial charge on any atom is -0.493 e. The average Bonchev–Trinajstić information content (AvgIpc) is 3.08. The van der Waals surface area contributed by atoms with E-state index in [-0.39, 0.29) is 5.91 Å². The van der Waals surface area contributed by atoms with Gasteiger partial charge < -0.3 is 10.1 Å². The van der Waals surface area contributed by atoms with Crippen molar-refractivity contribution in [2.75, 3.05) is 17.3 Å². The van der Waals surface area contributed by atoms with Gasteiger partial charge in [-0.2, -0.15) is 0 Å². The highest BCUT2D eigenvalue weighted by Crippen LogP contribution is 2.47. The van der Waals surface area contributed by atoms with Crippen LogP contribution >= 0.6 is 15.9 Å². The molecule has 4 heteroatoms. The first kappa shape index (κ1) is 12.4. The number of ether oxygens (including phenoxy) is 1. The van der Waals surface area contributed by atoms with E-state index < -0.39 is 0 Å². The third kappa shape index (κ3) is 3.46. The summed E-state index contributed by atoms with van der Waals surface area (Å²) in [5.74, 6) is 0.793. The van der Waals surface area contributed by atoms with Crippen LogP contribution in [0.15, 0.2) is 24.3 Å². The molecule has 1 fully saturated rings. The second kappa shape index (κ2) is 5.08. The van der Waals surface area contributed by atoms with Crippen molar-refractivity contribution >= 4 is 27.5 Å². The largest absolute Gasteiger partial charge is 0.493 e. The van der Waals surface area contributed by atoms with Crippen molar-refractivity contribution in [3.8, 4) is 5.75 Å². The van der Waals surface area contributed by atoms with E-state index in [1.807, 2.05) is 24.3 Å². The average molecular weight is 298 g/mol. The second-order valence-corrected chi connectivity index (χ2v) is 5.19. The fourth-order valence-corrected chi connectivity index (χ4v) is 2.29. The van der Waals surface area contributed by atoms with Crippen LogP contribution < -0.4 is 10.1 Å². The van der Waals surface area contributed by atoms with Crippen molar-refractivity contribution in [3.05, 3.63) is 24.3 Å². The molecule has 17 heavy (non-hydrogen) atoms. The summed E-state index contributed by atoms with van der Waals surface area (Å²) in [5, 5.41) is 3.73. The molecule has 1 aliphatic carbocycles. The summed E-state index contributed by atoms with van der Waals surface area (Å²) >= 11 is 3.52. The van der Waals surface area contributed by atoms with Crippen LogP contribution in [0.3, 0.4) is 0 Å². The maximum Gasteiger partial charge on any atom is 0.221 e. The number of hydrogen-bond acceptors (Lipinski definition) is 2. The lowest BCUT2D eigenvalue weighted by atomic mass is 10.2. The summed E-state index contributed by atoms with van der Waals surface area (Å²) in [6, 6.07) is 7.47. The van der Waals surface area contributed by atoms with Crippen LogP contribution in [-0.4, -0.2) is 17.8 Å². The van der Waals surface area contributed by atoms with Crippen molar-refractivity contribution in [3.63, 3.8) is 0 Å². The molecule has 1 aliphatic rings. The number of anilines is 1. The monoisotopic (exact) mass is 297 g/mol. The molecule has 0 bridgehead atoms. The van der Waals surface area contributed by atoms with Crippen LogP contribution in [0.25, 0.3) is 0 Å². The lowest BCUT2D eigenvalue weighted by Crippen LogP contribution is -2.14. The molecule has 0 atom stereocenters. The summed E-state index contributed by atoms with van der Waals surface area (Å²) in [6.45, 7) is 2.26. The van der Waals surface area contributed by atoms with Crippen molar-refractivity contribution < 1.29 is 9.53 Å². The topological polar surface area (TPSA) is 38.3 Å². The van der Waals surface area contributed by atoms with Gasteiger partial charge in [-0.3, -0.25) is 4.79 Å². The highest BCUT2D eigenvalue weighted by molar-refractivity contribution is 9.09. The van der Waals surface area contributed by atoms with E-state index in [0.29, 0.717) is 5.41 Å². The molecule has 1 N–H and O–H groups in total. The van der Waals surface area contributed by atoms with Gasteiger partial charge in [-0.15, -0.1) is 0 Å². The number of nitrogens with one attached hydrogen (secondary N) is 1. The van der Waals surface area contributed by atoms with Crippen molar-refractivity contribution in [1.29, 1.82) is 0 Å². The minimum atomic E-state index is -0.0603. The first-order valence-corrected chi connectivity index (χ1v) is 6.82. The molecular weight excluding hydrogens is 282 g/mol. The molecule has 0 unspecified atom stereocenters. The molecule has 1 amide bonds. The van der Waals surface area contributed by atoms with Crippen LogP contribution in [0.4, 0.5) is 5.69 Å². The number of alkyl halides is 1. The Morgan fingerprint density at radius 1 is 1.41 bits per heavy atom. The SMILES string of the molecule is CC(=O)Nc1ccc(OCC2(CBr)CC2)cc1. The van der Waals surface area contributed by atoms with Gasteiger partial charge in [0.05, 0.1) is 6.61 Å². The van der Waals surface area contributed by atoms with E-state index in [2.05, 4.69) is 21.2 Å². The Labute approximate surface area is 110 Å². The fourth-order valence-electron chi connectivity index (χ4n) is 1.57. The molecule has 0 spiro atoms. The molecule has 0 saturated heterocycles. The van der Waals surface area contributed by atoms with Gasteiger partial charge in [0.1, 0.15) is 5.75 Å². The van der Waals surface area contributed by atoms with E-state index in [4.69, 9.17) is 4.74 Å². The molecule has 3 nitrogen and oxygen atoms in total. The van der Waals surface area contributed by atoms with Crippen molar-refractivity contribution in [2.24, 2.45) is 5.41 Å². The van der Waals surface area contributed by atoms with E-state index in [1.54, 1.807) is 0 Å². The highest BCUT2D eigenvalue weighted by Gasteiger charge is 2.42. The zero-order chi connectivity index (χ0) is 12.3. The number of hydrogen-bond donors (Lipinski definition) is 1. The number of carbonyl (C=O) groups is 1. The Hall–Kier alpha value is -1.03. The Kier molecular flexibility index (Phi) is 3.72. The summed E-state index contributed by atoms with van der Waals surface area (Å²) in [6.07, 6.45) is 2.48. The number of halogens is 1. The summed E-state index contributed by atoms with van der Waals surface area (Å²) in [4.78, 5) is 10.9. The lowest BCUT2D eigenvalue weighted by Gasteiger charge is -2.13. The predicted molar refractivity (Wildman–Crippen MR) is 71.7 cm³/mol. The van der Waals surface area contributed by atoms with E-state index in [1.165, 1.54) is 19.8 Å². The molecule has 2 rings (SSSR count). The number of rotatable bonds is 5. The summed E-state index contributed by atoms with van der Waals surface area (Å²) < 4.78 is 5.74. The minimum absolute atomic E-state index is 0.0603. The van der Waals surface area contributed by atoms with Gasteiger partial charge in [-0.05, 0) is 37.1 Å². The van der Waals surface area contributed by atoms with E-state index >= 15 is 0 Å². The zero-order valence-electron chi connectivity index (χ0n) is 9.83. The number of amides is 1. The summed E-state index contributed by atoms with van der Waals surface area (Å²) in [5.41, 5.74) is 1.16. The Morgan fingerprint density at radius 2 is 2.06 bits per heavy atom. The Bertz CT molecular complexity index is 398. The molecular formula is C13H16BrNO2. The van der Waals surface area contributed by atoms with Crippen LogP contribution in [0.1, 0.15) is 19.8 Å². The molecule has 1 saturated carbocycles. The van der Waals surface area contributed by atoms with Gasteiger partial charge in [-0.1, -0.05) is 15.9 Å². The molecule has 0 heterocycles. The summed E-state index contributed by atoms with van der Waals surface area (Å²) in [7, 11) is 0. The van der Waals surface area contributed by atoms with Gasteiger partial charge >= 0.3 is 0 Å². The molecule has 0 aliphatic heterocycles. The highest BCUT2D eigenvalue weighted by atomic mass is 79.9. The van der Waals surface area contributed by atoms with Crippen LogP contribution in [0, 0.1) is 5.41 Å². The maximum atomic E-state index is 10.9. The van der Waals surface area contributed by atoms with E-state index in [0.717, 1.165) is 23.4 Å². The predicted octanol–water partition coefficient (Wildman–Crippen LogP) is 3.20. The van der Waals surface area contributed by atoms with Crippen LogP contribution in [0.5, 0.6) is 5.75 Å². The number of carbonyl (C=O) groups excluding carboxylic acids is 1. The van der Waals surface area contributed by atoms with Gasteiger partial charge in [0.2, 0.25) is 5.91 Å². The van der Waals surface area contributed by atoms with Gasteiger partial charge in [0.25, 0.3) is 0 Å². The smallest absolute Gasteiger partial charge is 0.221 e. The quantitative estimate of drug-likeness (QED) is 0.848. The number of benzene rings is 1. The normalized spacial score (nSPS) is 16.4. The second-order valence-electron chi connectivity index (χ2n) is 4.63. The fraction of sp³-hybridized carbons (Fsp3) is 0.462. The first-order chi connectivity index (χ1) is 8.13. The molecule has 1 aromatic rings. The molecule has 92 valence electrons. The Morgan fingerprint density at radius 3 is 2.53 bits per heavy atom. The zero-order valence-corrected chi connectivity index (χ0v) is 11.4. The van der Waals surface area contributed by atoms with Gasteiger partial charge in [-0.25, -0.2) is 0 Å². The third-order valence-electron chi connectivity index (χ3n) is 2.96. The molecule has 0 aromatic heterocycles.